The number of aliphatic hydroxyl groups excluding tert-OH is 1. The lowest BCUT2D eigenvalue weighted by molar-refractivity contribution is 0.281. The molecule has 0 aliphatic heterocycles. The summed E-state index contributed by atoms with van der Waals surface area (Å²) >= 11 is 0. The molecule has 5 heteroatoms. The van der Waals surface area contributed by atoms with Gasteiger partial charge in [0, 0.05) is 17.3 Å². The van der Waals surface area contributed by atoms with Crippen LogP contribution in [0.4, 0.5) is 5.82 Å². The fourth-order valence-electron chi connectivity index (χ4n) is 1.87. The van der Waals surface area contributed by atoms with Gasteiger partial charge in [-0.05, 0) is 30.2 Å². The van der Waals surface area contributed by atoms with Crippen molar-refractivity contribution < 1.29 is 9.84 Å². The quantitative estimate of drug-likeness (QED) is 0.874. The maximum atomic E-state index is 9.05. The van der Waals surface area contributed by atoms with Crippen LogP contribution in [0, 0.1) is 0 Å². The first kappa shape index (κ1) is 13.3. The van der Waals surface area contributed by atoms with Crippen molar-refractivity contribution in [2.75, 3.05) is 12.8 Å². The van der Waals surface area contributed by atoms with Crippen molar-refractivity contribution in [1.82, 2.24) is 9.97 Å². The highest BCUT2D eigenvalue weighted by Crippen LogP contribution is 2.25. The fourth-order valence-corrected chi connectivity index (χ4v) is 1.87. The number of aryl methyl sites for hydroxylation is 1. The van der Waals surface area contributed by atoms with Gasteiger partial charge in [0.2, 0.25) is 0 Å². The number of hydrogen-bond acceptors (Lipinski definition) is 5. The lowest BCUT2D eigenvalue weighted by Crippen LogP contribution is -2.01. The molecule has 0 unspecified atom stereocenters. The monoisotopic (exact) mass is 259 g/mol. The number of nitrogen functional groups attached to an aromatic ring is 1. The first-order valence-electron chi connectivity index (χ1n) is 6.09. The molecule has 100 valence electrons. The van der Waals surface area contributed by atoms with Gasteiger partial charge in [0.1, 0.15) is 11.6 Å². The summed E-state index contributed by atoms with van der Waals surface area (Å²) in [6.07, 6.45) is 2.41. The molecule has 0 aliphatic carbocycles. The van der Waals surface area contributed by atoms with Gasteiger partial charge in [0.15, 0.2) is 5.82 Å². The van der Waals surface area contributed by atoms with Crippen molar-refractivity contribution >= 4 is 5.82 Å². The molecule has 2 aromatic rings. The van der Waals surface area contributed by atoms with E-state index < -0.39 is 0 Å². The van der Waals surface area contributed by atoms with Crippen LogP contribution in [0.25, 0.3) is 11.4 Å². The number of methoxy groups -OCH3 is 1. The number of benzene rings is 1. The lowest BCUT2D eigenvalue weighted by Gasteiger charge is -2.09. The second-order valence-corrected chi connectivity index (χ2v) is 4.14. The van der Waals surface area contributed by atoms with E-state index in [4.69, 9.17) is 15.6 Å². The minimum atomic E-state index is -0.158. The van der Waals surface area contributed by atoms with Gasteiger partial charge in [-0.3, -0.25) is 0 Å². The average molecular weight is 259 g/mol. The second kappa shape index (κ2) is 5.67. The summed E-state index contributed by atoms with van der Waals surface area (Å²) < 4.78 is 5.29. The Morgan fingerprint density at radius 3 is 2.68 bits per heavy atom. The number of ether oxygens (including phenoxy) is 1. The standard InChI is InChI=1S/C14H17N3O2/c1-3-9-6-10(4-5-12(9)19-2)14-16-7-11(8-18)13(15)17-14/h4-7,18H,3,8H2,1-2H3,(H2,15,16,17). The molecule has 1 aromatic carbocycles. The Morgan fingerprint density at radius 2 is 2.11 bits per heavy atom. The molecule has 0 saturated carbocycles. The third-order valence-electron chi connectivity index (χ3n) is 2.99. The van der Waals surface area contributed by atoms with Crippen molar-refractivity contribution in [2.24, 2.45) is 0 Å². The van der Waals surface area contributed by atoms with Crippen LogP contribution < -0.4 is 10.5 Å². The molecule has 0 atom stereocenters. The van der Waals surface area contributed by atoms with Crippen molar-refractivity contribution in [1.29, 1.82) is 0 Å². The van der Waals surface area contributed by atoms with Crippen LogP contribution in [0.3, 0.4) is 0 Å². The molecule has 2 rings (SSSR count). The third kappa shape index (κ3) is 2.66. The van der Waals surface area contributed by atoms with Gasteiger partial charge in [0.25, 0.3) is 0 Å². The Bertz CT molecular complexity index is 585. The number of nitrogens with two attached hydrogens (primary N) is 1. The minimum Gasteiger partial charge on any atom is -0.496 e. The normalized spacial score (nSPS) is 10.5. The largest absolute Gasteiger partial charge is 0.496 e. The molecule has 0 fully saturated rings. The predicted molar refractivity (Wildman–Crippen MR) is 73.7 cm³/mol. The minimum absolute atomic E-state index is 0.158. The number of aliphatic hydroxyl groups is 1. The summed E-state index contributed by atoms with van der Waals surface area (Å²) in [6, 6.07) is 5.78. The first-order chi connectivity index (χ1) is 9.19. The van der Waals surface area contributed by atoms with Gasteiger partial charge < -0.3 is 15.6 Å². The van der Waals surface area contributed by atoms with Crippen LogP contribution >= 0.6 is 0 Å². The molecular weight excluding hydrogens is 242 g/mol. The highest BCUT2D eigenvalue weighted by Gasteiger charge is 2.08. The van der Waals surface area contributed by atoms with Crippen LogP contribution in [0.2, 0.25) is 0 Å². The smallest absolute Gasteiger partial charge is 0.161 e. The molecular formula is C14H17N3O2. The zero-order chi connectivity index (χ0) is 13.8. The van der Waals surface area contributed by atoms with Gasteiger partial charge in [-0.15, -0.1) is 0 Å². The van der Waals surface area contributed by atoms with Crippen LogP contribution in [-0.2, 0) is 13.0 Å². The van der Waals surface area contributed by atoms with Gasteiger partial charge >= 0.3 is 0 Å². The van der Waals surface area contributed by atoms with E-state index in [9.17, 15) is 0 Å². The summed E-state index contributed by atoms with van der Waals surface area (Å²) in [5.74, 6) is 1.71. The molecule has 0 saturated heterocycles. The van der Waals surface area contributed by atoms with Crippen LogP contribution in [-0.4, -0.2) is 22.2 Å². The molecule has 0 amide bonds. The van der Waals surface area contributed by atoms with Gasteiger partial charge in [0.05, 0.1) is 13.7 Å². The fraction of sp³-hybridized carbons (Fsp3) is 0.286. The van der Waals surface area contributed by atoms with E-state index in [1.165, 1.54) is 0 Å². The van der Waals surface area contributed by atoms with E-state index in [-0.39, 0.29) is 6.61 Å². The van der Waals surface area contributed by atoms with E-state index in [0.29, 0.717) is 17.2 Å². The van der Waals surface area contributed by atoms with Crippen LogP contribution in [0.5, 0.6) is 5.75 Å². The number of nitrogens with zero attached hydrogens (tertiary/aromatic N) is 2. The van der Waals surface area contributed by atoms with E-state index in [2.05, 4.69) is 16.9 Å². The molecule has 3 N–H and O–H groups in total. The predicted octanol–water partition coefficient (Wildman–Crippen LogP) is 1.79. The van der Waals surface area contributed by atoms with E-state index in [1.807, 2.05) is 18.2 Å². The Hall–Kier alpha value is -2.14. The SMILES string of the molecule is CCc1cc(-c2ncc(CO)c(N)n2)ccc1OC. The summed E-state index contributed by atoms with van der Waals surface area (Å²) in [4.78, 5) is 8.43. The molecule has 19 heavy (non-hydrogen) atoms. The number of hydrogen-bond donors (Lipinski definition) is 2. The maximum Gasteiger partial charge on any atom is 0.161 e. The number of rotatable bonds is 4. The highest BCUT2D eigenvalue weighted by molar-refractivity contribution is 5.60. The van der Waals surface area contributed by atoms with Crippen molar-refractivity contribution in [3.05, 3.63) is 35.5 Å². The van der Waals surface area contributed by atoms with Crippen molar-refractivity contribution in [3.63, 3.8) is 0 Å². The van der Waals surface area contributed by atoms with Crippen LogP contribution in [0.1, 0.15) is 18.1 Å². The first-order valence-corrected chi connectivity index (χ1v) is 6.09. The van der Waals surface area contributed by atoms with Crippen molar-refractivity contribution in [2.45, 2.75) is 20.0 Å². The average Bonchev–Trinajstić information content (AvgIpc) is 2.46. The Morgan fingerprint density at radius 1 is 1.32 bits per heavy atom. The summed E-state index contributed by atoms with van der Waals surface area (Å²) in [7, 11) is 1.65. The number of anilines is 1. The number of aromatic nitrogens is 2. The van der Waals surface area contributed by atoms with Gasteiger partial charge in [-0.2, -0.15) is 0 Å². The van der Waals surface area contributed by atoms with Gasteiger partial charge in [-0.25, -0.2) is 9.97 Å². The third-order valence-corrected chi connectivity index (χ3v) is 2.99. The molecule has 0 radical (unpaired) electrons. The Balaban J connectivity index is 2.44. The van der Waals surface area contributed by atoms with Crippen LogP contribution in [0.15, 0.2) is 24.4 Å². The zero-order valence-corrected chi connectivity index (χ0v) is 11.1. The van der Waals surface area contributed by atoms with E-state index in [1.54, 1.807) is 13.3 Å². The topological polar surface area (TPSA) is 81.3 Å². The Labute approximate surface area is 112 Å². The maximum absolute atomic E-state index is 9.05. The van der Waals surface area contributed by atoms with E-state index >= 15 is 0 Å². The lowest BCUT2D eigenvalue weighted by atomic mass is 10.1. The van der Waals surface area contributed by atoms with E-state index in [0.717, 1.165) is 23.3 Å². The molecule has 1 aromatic heterocycles. The summed E-state index contributed by atoms with van der Waals surface area (Å²) in [5.41, 5.74) is 8.27. The molecule has 0 bridgehead atoms. The molecule has 5 nitrogen and oxygen atoms in total. The molecule has 0 spiro atoms. The molecule has 1 heterocycles. The van der Waals surface area contributed by atoms with Crippen molar-refractivity contribution in [3.8, 4) is 17.1 Å². The second-order valence-electron chi connectivity index (χ2n) is 4.14. The van der Waals surface area contributed by atoms with Gasteiger partial charge in [-0.1, -0.05) is 6.92 Å². The Kier molecular flexibility index (Phi) is 3.97. The molecule has 0 aliphatic rings. The zero-order valence-electron chi connectivity index (χ0n) is 11.1. The summed E-state index contributed by atoms with van der Waals surface area (Å²) in [6.45, 7) is 1.90. The summed E-state index contributed by atoms with van der Waals surface area (Å²) in [5, 5.41) is 9.05. The highest BCUT2D eigenvalue weighted by atomic mass is 16.5.